The number of carbonyl (C=O) groups excluding carboxylic acids is 1. The van der Waals surface area contributed by atoms with E-state index in [1.54, 1.807) is 7.11 Å². The maximum Gasteiger partial charge on any atom is 0.161 e. The van der Waals surface area contributed by atoms with Crippen molar-refractivity contribution in [3.63, 3.8) is 0 Å². The molecule has 0 aromatic carbocycles. The van der Waals surface area contributed by atoms with Gasteiger partial charge in [-0.3, -0.25) is 4.79 Å². The second-order valence-electron chi connectivity index (χ2n) is 5.92. The standard InChI is InChI=1S/C14H22O3/c1-8-12-11(14(16-2)17-8)7-9-5-3-4-6-10(9)13(12)15/h8-12,14H,3-7H2,1-2H3/t8-,9+,10?,11?,12?,14-/m1/s1. The molecule has 0 spiro atoms. The molecule has 0 aromatic rings. The van der Waals surface area contributed by atoms with E-state index in [0.29, 0.717) is 23.5 Å². The third kappa shape index (κ3) is 1.75. The van der Waals surface area contributed by atoms with E-state index < -0.39 is 0 Å². The highest BCUT2D eigenvalue weighted by Crippen LogP contribution is 2.49. The van der Waals surface area contributed by atoms with Crippen molar-refractivity contribution in [1.82, 2.24) is 0 Å². The average Bonchev–Trinajstić information content (AvgIpc) is 2.66. The quantitative estimate of drug-likeness (QED) is 0.703. The Morgan fingerprint density at radius 2 is 2.06 bits per heavy atom. The zero-order valence-corrected chi connectivity index (χ0v) is 10.7. The molecule has 0 N–H and O–H groups in total. The first-order valence-corrected chi connectivity index (χ1v) is 6.94. The van der Waals surface area contributed by atoms with Crippen LogP contribution >= 0.6 is 0 Å². The summed E-state index contributed by atoms with van der Waals surface area (Å²) in [6, 6.07) is 0. The Labute approximate surface area is 103 Å². The molecule has 1 aliphatic heterocycles. The van der Waals surface area contributed by atoms with Crippen LogP contribution in [-0.4, -0.2) is 25.3 Å². The van der Waals surface area contributed by atoms with Gasteiger partial charge in [0.2, 0.25) is 0 Å². The van der Waals surface area contributed by atoms with E-state index in [1.165, 1.54) is 19.3 Å². The number of Topliss-reactive ketones (excluding diaryl/α,β-unsaturated/α-hetero) is 1. The predicted octanol–water partition coefficient (Wildman–Crippen LogP) is 2.39. The summed E-state index contributed by atoms with van der Waals surface area (Å²) in [5.41, 5.74) is 0. The highest BCUT2D eigenvalue weighted by molar-refractivity contribution is 5.85. The zero-order valence-electron chi connectivity index (χ0n) is 10.7. The molecule has 3 fully saturated rings. The van der Waals surface area contributed by atoms with Crippen molar-refractivity contribution in [3.8, 4) is 0 Å². The van der Waals surface area contributed by atoms with Gasteiger partial charge in [0, 0.05) is 18.9 Å². The van der Waals surface area contributed by atoms with Crippen LogP contribution in [0.15, 0.2) is 0 Å². The van der Waals surface area contributed by atoms with Crippen LogP contribution in [0.3, 0.4) is 0 Å². The molecule has 17 heavy (non-hydrogen) atoms. The van der Waals surface area contributed by atoms with Crippen LogP contribution < -0.4 is 0 Å². The molecule has 3 nitrogen and oxygen atoms in total. The van der Waals surface area contributed by atoms with Gasteiger partial charge in [0.1, 0.15) is 5.78 Å². The minimum absolute atomic E-state index is 0.0420. The first-order valence-electron chi connectivity index (χ1n) is 6.94. The molecule has 3 rings (SSSR count). The van der Waals surface area contributed by atoms with Gasteiger partial charge in [-0.1, -0.05) is 12.8 Å². The Kier molecular flexibility index (Phi) is 2.99. The van der Waals surface area contributed by atoms with Crippen molar-refractivity contribution in [1.29, 1.82) is 0 Å². The summed E-state index contributed by atoms with van der Waals surface area (Å²) < 4.78 is 11.2. The lowest BCUT2D eigenvalue weighted by atomic mass is 9.62. The van der Waals surface area contributed by atoms with Crippen molar-refractivity contribution >= 4 is 5.78 Å². The van der Waals surface area contributed by atoms with Gasteiger partial charge in [-0.25, -0.2) is 0 Å². The number of methoxy groups -OCH3 is 1. The normalized spacial score (nSPS) is 49.9. The van der Waals surface area contributed by atoms with Crippen molar-refractivity contribution in [3.05, 3.63) is 0 Å². The molecular formula is C14H22O3. The molecule has 2 saturated carbocycles. The molecule has 1 saturated heterocycles. The highest BCUT2D eigenvalue weighted by atomic mass is 16.7. The first-order chi connectivity index (χ1) is 8.22. The van der Waals surface area contributed by atoms with Crippen LogP contribution in [0.5, 0.6) is 0 Å². The largest absolute Gasteiger partial charge is 0.356 e. The van der Waals surface area contributed by atoms with E-state index in [1.807, 2.05) is 6.92 Å². The topological polar surface area (TPSA) is 35.5 Å². The molecule has 6 atom stereocenters. The third-order valence-electron chi connectivity index (χ3n) is 5.08. The van der Waals surface area contributed by atoms with Crippen LogP contribution in [0.4, 0.5) is 0 Å². The van der Waals surface area contributed by atoms with Crippen molar-refractivity contribution in [2.24, 2.45) is 23.7 Å². The van der Waals surface area contributed by atoms with Gasteiger partial charge in [-0.15, -0.1) is 0 Å². The molecule has 0 bridgehead atoms. The zero-order chi connectivity index (χ0) is 12.0. The van der Waals surface area contributed by atoms with E-state index in [2.05, 4.69) is 0 Å². The Bertz CT molecular complexity index is 315. The Morgan fingerprint density at radius 3 is 2.82 bits per heavy atom. The number of hydrogen-bond acceptors (Lipinski definition) is 3. The summed E-state index contributed by atoms with van der Waals surface area (Å²) in [5, 5.41) is 0. The molecule has 1 heterocycles. The minimum atomic E-state index is -0.151. The second kappa shape index (κ2) is 4.36. The molecule has 0 aromatic heterocycles. The summed E-state index contributed by atoms with van der Waals surface area (Å²) in [7, 11) is 1.69. The van der Waals surface area contributed by atoms with Gasteiger partial charge in [0.05, 0.1) is 12.0 Å². The Balaban J connectivity index is 1.85. The summed E-state index contributed by atoms with van der Waals surface area (Å²) in [6.45, 7) is 2.03. The lowest BCUT2D eigenvalue weighted by Crippen LogP contribution is -2.44. The number of rotatable bonds is 1. The van der Waals surface area contributed by atoms with E-state index in [-0.39, 0.29) is 18.3 Å². The van der Waals surface area contributed by atoms with Gasteiger partial charge in [-0.05, 0) is 32.1 Å². The number of ketones is 1. The Morgan fingerprint density at radius 1 is 1.29 bits per heavy atom. The van der Waals surface area contributed by atoms with Crippen LogP contribution in [0.2, 0.25) is 0 Å². The lowest BCUT2D eigenvalue weighted by Gasteiger charge is -2.40. The fraction of sp³-hybridized carbons (Fsp3) is 0.929. The first kappa shape index (κ1) is 11.7. The number of ether oxygens (including phenoxy) is 2. The van der Waals surface area contributed by atoms with Gasteiger partial charge in [-0.2, -0.15) is 0 Å². The van der Waals surface area contributed by atoms with E-state index in [9.17, 15) is 4.79 Å². The van der Waals surface area contributed by atoms with Gasteiger partial charge in [0.25, 0.3) is 0 Å². The number of fused-ring (bicyclic) bond motifs is 2. The maximum absolute atomic E-state index is 12.6. The van der Waals surface area contributed by atoms with Crippen LogP contribution in [0, 0.1) is 23.7 Å². The highest BCUT2D eigenvalue weighted by Gasteiger charge is 2.53. The SMILES string of the molecule is CO[C@@H]1O[C@H](C)C2C(=O)C3CCCC[C@H]3CC21. The smallest absolute Gasteiger partial charge is 0.161 e. The minimum Gasteiger partial charge on any atom is -0.356 e. The van der Waals surface area contributed by atoms with Gasteiger partial charge >= 0.3 is 0 Å². The predicted molar refractivity (Wildman–Crippen MR) is 63.4 cm³/mol. The van der Waals surface area contributed by atoms with E-state index in [0.717, 1.165) is 12.8 Å². The molecule has 0 radical (unpaired) electrons. The van der Waals surface area contributed by atoms with Crippen LogP contribution in [-0.2, 0) is 14.3 Å². The summed E-state index contributed by atoms with van der Waals surface area (Å²) >= 11 is 0. The van der Waals surface area contributed by atoms with E-state index in [4.69, 9.17) is 9.47 Å². The molecule has 3 aliphatic rings. The summed E-state index contributed by atoms with van der Waals surface area (Å²) in [5.74, 6) is 1.80. The average molecular weight is 238 g/mol. The fourth-order valence-electron chi connectivity index (χ4n) is 4.31. The monoisotopic (exact) mass is 238 g/mol. The van der Waals surface area contributed by atoms with Crippen LogP contribution in [0.25, 0.3) is 0 Å². The third-order valence-corrected chi connectivity index (χ3v) is 5.08. The molecule has 3 heteroatoms. The fourth-order valence-corrected chi connectivity index (χ4v) is 4.31. The molecule has 2 aliphatic carbocycles. The molecule has 96 valence electrons. The molecule has 3 unspecified atom stereocenters. The number of hydrogen-bond donors (Lipinski definition) is 0. The molecular weight excluding hydrogens is 216 g/mol. The summed E-state index contributed by atoms with van der Waals surface area (Å²) in [6.07, 6.45) is 5.88. The van der Waals surface area contributed by atoms with Crippen molar-refractivity contribution in [2.45, 2.75) is 51.4 Å². The Hall–Kier alpha value is -0.410. The lowest BCUT2D eigenvalue weighted by molar-refractivity contribution is -0.139. The molecule has 0 amide bonds. The second-order valence-corrected chi connectivity index (χ2v) is 5.92. The van der Waals surface area contributed by atoms with Crippen LogP contribution in [0.1, 0.15) is 39.0 Å². The van der Waals surface area contributed by atoms with Gasteiger partial charge in [0.15, 0.2) is 6.29 Å². The van der Waals surface area contributed by atoms with Gasteiger partial charge < -0.3 is 9.47 Å². The van der Waals surface area contributed by atoms with Crippen molar-refractivity contribution < 1.29 is 14.3 Å². The van der Waals surface area contributed by atoms with Crippen molar-refractivity contribution in [2.75, 3.05) is 7.11 Å². The number of carbonyl (C=O) groups is 1. The summed E-state index contributed by atoms with van der Waals surface area (Å²) in [4.78, 5) is 12.6. The van der Waals surface area contributed by atoms with E-state index >= 15 is 0 Å². The maximum atomic E-state index is 12.6.